The zero-order chi connectivity index (χ0) is 15.5. The summed E-state index contributed by atoms with van der Waals surface area (Å²) in [5.74, 6) is 0.389. The highest BCUT2D eigenvalue weighted by Gasteiger charge is 2.16. The molecule has 4 nitrogen and oxygen atoms in total. The lowest BCUT2D eigenvalue weighted by molar-refractivity contribution is 0.595. The van der Waals surface area contributed by atoms with Crippen LogP contribution in [0, 0.1) is 0 Å². The predicted molar refractivity (Wildman–Crippen MR) is 85.8 cm³/mol. The number of sulfone groups is 1. The second-order valence-corrected chi connectivity index (χ2v) is 7.25. The van der Waals surface area contributed by atoms with E-state index in [2.05, 4.69) is 10.3 Å². The normalized spacial score (nSPS) is 11.4. The van der Waals surface area contributed by atoms with Gasteiger partial charge in [-0.2, -0.15) is 0 Å². The lowest BCUT2D eigenvalue weighted by Gasteiger charge is -2.08. The second-order valence-electron chi connectivity index (χ2n) is 4.42. The van der Waals surface area contributed by atoms with Crippen LogP contribution < -0.4 is 5.32 Å². The molecular formula is C14H14Cl2N2O2S. The van der Waals surface area contributed by atoms with E-state index < -0.39 is 9.84 Å². The SMILES string of the molecule is CCNc1ncc(CS(=O)(=O)c2ccc(Cl)cc2)cc1Cl. The molecule has 0 radical (unpaired) electrons. The molecule has 7 heteroatoms. The molecule has 1 aromatic heterocycles. The highest BCUT2D eigenvalue weighted by molar-refractivity contribution is 7.90. The number of aromatic nitrogens is 1. The van der Waals surface area contributed by atoms with Crippen LogP contribution in [-0.4, -0.2) is 19.9 Å². The number of anilines is 1. The topological polar surface area (TPSA) is 59.1 Å². The van der Waals surface area contributed by atoms with Crippen LogP contribution in [0.2, 0.25) is 10.0 Å². The quantitative estimate of drug-likeness (QED) is 0.896. The van der Waals surface area contributed by atoms with Crippen molar-refractivity contribution in [3.63, 3.8) is 0 Å². The largest absolute Gasteiger partial charge is 0.369 e. The molecule has 21 heavy (non-hydrogen) atoms. The van der Waals surface area contributed by atoms with Crippen molar-refractivity contribution in [2.45, 2.75) is 17.6 Å². The van der Waals surface area contributed by atoms with Gasteiger partial charge in [-0.3, -0.25) is 0 Å². The number of hydrogen-bond donors (Lipinski definition) is 1. The van der Waals surface area contributed by atoms with Crippen molar-refractivity contribution >= 4 is 38.9 Å². The van der Waals surface area contributed by atoms with Gasteiger partial charge in [-0.1, -0.05) is 23.2 Å². The summed E-state index contributed by atoms with van der Waals surface area (Å²) in [5.41, 5.74) is 0.539. The van der Waals surface area contributed by atoms with Gasteiger partial charge >= 0.3 is 0 Å². The summed E-state index contributed by atoms with van der Waals surface area (Å²) in [6.45, 7) is 2.62. The molecular weight excluding hydrogens is 331 g/mol. The molecule has 0 unspecified atom stereocenters. The maximum absolute atomic E-state index is 12.3. The standard InChI is InChI=1S/C14H14Cl2N2O2S/c1-2-17-14-13(16)7-10(8-18-14)9-21(19,20)12-5-3-11(15)4-6-12/h3-8H,2,9H2,1H3,(H,17,18). The minimum Gasteiger partial charge on any atom is -0.369 e. The maximum atomic E-state index is 12.3. The monoisotopic (exact) mass is 344 g/mol. The zero-order valence-electron chi connectivity index (χ0n) is 11.3. The number of halogens is 2. The first-order valence-electron chi connectivity index (χ1n) is 6.29. The Hall–Kier alpha value is -1.30. The van der Waals surface area contributed by atoms with E-state index in [1.807, 2.05) is 6.92 Å². The number of nitrogens with one attached hydrogen (secondary N) is 1. The second kappa shape index (κ2) is 6.64. The summed E-state index contributed by atoms with van der Waals surface area (Å²) in [6.07, 6.45) is 1.51. The van der Waals surface area contributed by atoms with Crippen LogP contribution in [0.5, 0.6) is 0 Å². The lowest BCUT2D eigenvalue weighted by atomic mass is 10.3. The molecule has 0 spiro atoms. The van der Waals surface area contributed by atoms with Crippen LogP contribution in [0.15, 0.2) is 41.4 Å². The highest BCUT2D eigenvalue weighted by atomic mass is 35.5. The molecule has 112 valence electrons. The van der Waals surface area contributed by atoms with Crippen molar-refractivity contribution in [3.8, 4) is 0 Å². The molecule has 0 atom stereocenters. The van der Waals surface area contributed by atoms with Gasteiger partial charge in [0.2, 0.25) is 0 Å². The molecule has 1 aromatic carbocycles. The van der Waals surface area contributed by atoms with Gasteiger partial charge in [0, 0.05) is 17.8 Å². The number of pyridine rings is 1. The summed E-state index contributed by atoms with van der Waals surface area (Å²) in [7, 11) is -3.45. The highest BCUT2D eigenvalue weighted by Crippen LogP contribution is 2.23. The third kappa shape index (κ3) is 4.09. The van der Waals surface area contributed by atoms with Crippen LogP contribution in [0.1, 0.15) is 12.5 Å². The predicted octanol–water partition coefficient (Wildman–Crippen LogP) is 3.79. The Bertz CT molecular complexity index is 731. The van der Waals surface area contributed by atoms with Crippen molar-refractivity contribution in [3.05, 3.63) is 52.1 Å². The molecule has 1 heterocycles. The Balaban J connectivity index is 2.24. The molecule has 0 amide bonds. The number of benzene rings is 1. The molecule has 2 rings (SSSR count). The molecule has 0 fully saturated rings. The summed E-state index contributed by atoms with van der Waals surface area (Å²) < 4.78 is 24.6. The van der Waals surface area contributed by atoms with E-state index in [-0.39, 0.29) is 10.6 Å². The fourth-order valence-corrected chi connectivity index (χ4v) is 3.49. The molecule has 0 saturated carbocycles. The van der Waals surface area contributed by atoms with E-state index >= 15 is 0 Å². The van der Waals surface area contributed by atoms with Gasteiger partial charge in [0.15, 0.2) is 9.84 Å². The van der Waals surface area contributed by atoms with Gasteiger partial charge in [-0.05, 0) is 42.8 Å². The first-order valence-corrected chi connectivity index (χ1v) is 8.70. The lowest BCUT2D eigenvalue weighted by Crippen LogP contribution is -2.06. The molecule has 0 aliphatic carbocycles. The third-order valence-corrected chi connectivity index (χ3v) is 5.02. The average Bonchev–Trinajstić information content (AvgIpc) is 2.42. The smallest absolute Gasteiger partial charge is 0.182 e. The molecule has 0 bridgehead atoms. The summed E-state index contributed by atoms with van der Waals surface area (Å²) >= 11 is 11.8. The van der Waals surface area contributed by atoms with Gasteiger partial charge in [0.05, 0.1) is 15.7 Å². The fraction of sp³-hybridized carbons (Fsp3) is 0.214. The first kappa shape index (κ1) is 16.1. The Labute approximate surface area is 134 Å². The Morgan fingerprint density at radius 2 is 1.86 bits per heavy atom. The fourth-order valence-electron chi connectivity index (χ4n) is 1.80. The molecule has 0 aliphatic rings. The first-order chi connectivity index (χ1) is 9.92. The van der Waals surface area contributed by atoms with E-state index in [4.69, 9.17) is 23.2 Å². The van der Waals surface area contributed by atoms with E-state index in [1.165, 1.54) is 18.3 Å². The summed E-state index contributed by atoms with van der Waals surface area (Å²) in [6, 6.07) is 7.68. The van der Waals surface area contributed by atoms with Crippen molar-refractivity contribution in [2.75, 3.05) is 11.9 Å². The molecule has 0 saturated heterocycles. The van der Waals surface area contributed by atoms with Crippen molar-refractivity contribution in [1.29, 1.82) is 0 Å². The average molecular weight is 345 g/mol. The van der Waals surface area contributed by atoms with Gasteiger partial charge in [0.25, 0.3) is 0 Å². The van der Waals surface area contributed by atoms with Gasteiger partial charge in [-0.15, -0.1) is 0 Å². The molecule has 1 N–H and O–H groups in total. The maximum Gasteiger partial charge on any atom is 0.182 e. The summed E-state index contributed by atoms with van der Waals surface area (Å²) in [5, 5.41) is 3.89. The number of nitrogens with zero attached hydrogens (tertiary/aromatic N) is 1. The molecule has 0 aliphatic heterocycles. The van der Waals surface area contributed by atoms with Crippen LogP contribution in [0.4, 0.5) is 5.82 Å². The van der Waals surface area contributed by atoms with Crippen molar-refractivity contribution in [1.82, 2.24) is 4.98 Å². The number of hydrogen-bond acceptors (Lipinski definition) is 4. The minimum absolute atomic E-state index is 0.159. The van der Waals surface area contributed by atoms with Crippen molar-refractivity contribution in [2.24, 2.45) is 0 Å². The molecule has 2 aromatic rings. The van der Waals surface area contributed by atoms with E-state index in [0.29, 0.717) is 28.0 Å². The van der Waals surface area contributed by atoms with Crippen LogP contribution in [0.25, 0.3) is 0 Å². The van der Waals surface area contributed by atoms with E-state index in [0.717, 1.165) is 0 Å². The third-order valence-electron chi connectivity index (χ3n) is 2.77. The van der Waals surface area contributed by atoms with Crippen LogP contribution >= 0.6 is 23.2 Å². The van der Waals surface area contributed by atoms with Gasteiger partial charge < -0.3 is 5.32 Å². The van der Waals surface area contributed by atoms with Gasteiger partial charge in [-0.25, -0.2) is 13.4 Å². The van der Waals surface area contributed by atoms with Crippen molar-refractivity contribution < 1.29 is 8.42 Å². The van der Waals surface area contributed by atoms with Gasteiger partial charge in [0.1, 0.15) is 5.82 Å². The van der Waals surface area contributed by atoms with Crippen LogP contribution in [-0.2, 0) is 15.6 Å². The Morgan fingerprint density at radius 3 is 2.43 bits per heavy atom. The Kier molecular flexibility index (Phi) is 5.08. The summed E-state index contributed by atoms with van der Waals surface area (Å²) in [4.78, 5) is 4.35. The zero-order valence-corrected chi connectivity index (χ0v) is 13.6. The minimum atomic E-state index is -3.45. The Morgan fingerprint density at radius 1 is 1.19 bits per heavy atom. The van der Waals surface area contributed by atoms with E-state index in [9.17, 15) is 8.42 Å². The van der Waals surface area contributed by atoms with Crippen LogP contribution in [0.3, 0.4) is 0 Å². The number of rotatable bonds is 5. The van der Waals surface area contributed by atoms with E-state index in [1.54, 1.807) is 18.2 Å².